The number of urea groups is 4. The summed E-state index contributed by atoms with van der Waals surface area (Å²) in [5.41, 5.74) is -0.220. The summed E-state index contributed by atoms with van der Waals surface area (Å²) >= 11 is 0. The highest BCUT2D eigenvalue weighted by Crippen LogP contribution is 2.31. The fourth-order valence-corrected chi connectivity index (χ4v) is 5.85. The van der Waals surface area contributed by atoms with Crippen molar-refractivity contribution in [3.05, 3.63) is 83.9 Å². The van der Waals surface area contributed by atoms with Crippen molar-refractivity contribution in [2.24, 2.45) is 0 Å². The van der Waals surface area contributed by atoms with E-state index in [-0.39, 0.29) is 34.6 Å². The SMILES string of the molecule is CCCNC(=O)N(O)C1CCCCC1OC.CCCNC(=O)N(O)c1cccc(C(F)(F)F)c1.CCNC(=O)N(O)c1ccc(C(=O)OCC)cc1.COc1ccccc1N(O)C(=O)NC(C)C. The van der Waals surface area contributed by atoms with Crippen molar-refractivity contribution in [2.75, 3.05) is 55.7 Å². The third-order valence-electron chi connectivity index (χ3n) is 9.22. The Morgan fingerprint density at radius 2 is 1.28 bits per heavy atom. The maximum absolute atomic E-state index is 12.4. The first kappa shape index (κ1) is 59.6. The van der Waals surface area contributed by atoms with E-state index in [9.17, 15) is 58.0 Å². The highest BCUT2D eigenvalue weighted by atomic mass is 19.4. The van der Waals surface area contributed by atoms with Crippen LogP contribution in [0.4, 0.5) is 49.4 Å². The fraction of sp³-hybridized carbons (Fsp3) is 0.489. The molecule has 0 heterocycles. The van der Waals surface area contributed by atoms with Gasteiger partial charge in [0, 0.05) is 32.8 Å². The number of amides is 8. The number of carbonyl (C=O) groups excluding carboxylic acids is 5. The van der Waals surface area contributed by atoms with Crippen LogP contribution in [0.25, 0.3) is 0 Å². The lowest BCUT2D eigenvalue weighted by Crippen LogP contribution is -2.51. The van der Waals surface area contributed by atoms with Crippen LogP contribution in [0.1, 0.15) is 96.0 Å². The summed E-state index contributed by atoms with van der Waals surface area (Å²) in [6, 6.07) is 13.8. The standard InChI is InChI=1S/C12H16N2O4.C11H13F3N2O2.C11H16N2O3.C11H22N2O3/c1-3-13-12(16)14(17)10-7-5-9(6-8-10)11(15)18-4-2;1-2-6-15-10(17)16(18)9-5-3-4-8(7-9)11(12,13)14;1-8(2)12-11(14)13(15)9-6-4-5-7-10(9)16-3;1-3-8-12-11(14)13(15)9-6-4-5-7-10(9)16-2/h5-8,17H,3-4H2,1-2H3,(H,13,16);3-5,7,18H,2,6H2,1H3,(H,15,17);4-8,15H,1-3H3,(H,12,14);9-10,15H,3-8H2,1-2H3,(H,12,14). The lowest BCUT2D eigenvalue weighted by atomic mass is 9.92. The lowest BCUT2D eigenvalue weighted by molar-refractivity contribution is -0.137. The zero-order valence-electron chi connectivity index (χ0n) is 39.7. The van der Waals surface area contributed by atoms with Gasteiger partial charge >= 0.3 is 36.3 Å². The Balaban J connectivity index is 0.000000454. The maximum Gasteiger partial charge on any atom is 0.416 e. The molecule has 1 saturated carbocycles. The molecule has 0 saturated heterocycles. The van der Waals surface area contributed by atoms with Gasteiger partial charge in [0.05, 0.1) is 48.4 Å². The van der Waals surface area contributed by atoms with Gasteiger partial charge in [-0.15, -0.1) is 0 Å². The number of nitrogens with one attached hydrogen (secondary N) is 4. The first-order chi connectivity index (χ1) is 32.2. The molecule has 0 aliphatic heterocycles. The Morgan fingerprint density at radius 3 is 1.82 bits per heavy atom. The molecule has 68 heavy (non-hydrogen) atoms. The normalized spacial score (nSPS) is 13.8. The van der Waals surface area contributed by atoms with E-state index >= 15 is 0 Å². The number of nitrogens with zero attached hydrogens (tertiary/aromatic N) is 4. The van der Waals surface area contributed by atoms with Crippen LogP contribution in [-0.2, 0) is 15.7 Å². The molecule has 380 valence electrons. The predicted molar refractivity (Wildman–Crippen MR) is 246 cm³/mol. The van der Waals surface area contributed by atoms with Crippen LogP contribution in [-0.4, -0.2) is 115 Å². The molecule has 1 aliphatic rings. The molecule has 3 aromatic rings. The number of para-hydroxylation sites is 2. The molecule has 2 unspecified atom stereocenters. The summed E-state index contributed by atoms with van der Waals surface area (Å²) in [4.78, 5) is 57.2. The maximum atomic E-state index is 12.4. The first-order valence-corrected chi connectivity index (χ1v) is 21.9. The number of halogens is 3. The third kappa shape index (κ3) is 20.6. The number of hydroxylamine groups is 5. The Labute approximate surface area is 394 Å². The Bertz CT molecular complexity index is 1980. The molecule has 8 amide bonds. The largest absolute Gasteiger partial charge is 0.494 e. The minimum absolute atomic E-state index is 0.0446. The van der Waals surface area contributed by atoms with Crippen molar-refractivity contribution in [2.45, 2.75) is 104 Å². The van der Waals surface area contributed by atoms with E-state index in [0.717, 1.165) is 49.3 Å². The van der Waals surface area contributed by atoms with Gasteiger partial charge in [-0.05, 0) is 108 Å². The number of rotatable bonds is 14. The van der Waals surface area contributed by atoms with E-state index in [1.807, 2.05) is 27.7 Å². The molecule has 3 aromatic carbocycles. The summed E-state index contributed by atoms with van der Waals surface area (Å²) in [7, 11) is 3.10. The summed E-state index contributed by atoms with van der Waals surface area (Å²) in [5, 5.41) is 50.5. The van der Waals surface area contributed by atoms with Crippen molar-refractivity contribution in [1.29, 1.82) is 0 Å². The van der Waals surface area contributed by atoms with Gasteiger partial charge in [0.2, 0.25) is 0 Å². The summed E-state index contributed by atoms with van der Waals surface area (Å²) in [5.74, 6) is -0.00421. The zero-order chi connectivity index (χ0) is 51.4. The number of ether oxygens (including phenoxy) is 3. The number of hydrogen-bond donors (Lipinski definition) is 8. The second-order valence-electron chi connectivity index (χ2n) is 14.8. The van der Waals surface area contributed by atoms with Crippen molar-refractivity contribution < 1.29 is 72.2 Å². The number of hydrogen-bond acceptors (Lipinski definition) is 12. The van der Waals surface area contributed by atoms with E-state index < -0.39 is 41.8 Å². The van der Waals surface area contributed by atoms with Crippen LogP contribution >= 0.6 is 0 Å². The average Bonchev–Trinajstić information content (AvgIpc) is 3.34. The second-order valence-corrected chi connectivity index (χ2v) is 14.8. The topological polar surface area (TPSA) is 255 Å². The Hall–Kier alpha value is -6.40. The van der Waals surface area contributed by atoms with Crippen LogP contribution in [0.15, 0.2) is 72.8 Å². The van der Waals surface area contributed by atoms with Gasteiger partial charge in [0.25, 0.3) is 0 Å². The smallest absolute Gasteiger partial charge is 0.416 e. The number of methoxy groups -OCH3 is 2. The van der Waals surface area contributed by atoms with Crippen LogP contribution in [0.2, 0.25) is 0 Å². The van der Waals surface area contributed by atoms with Gasteiger partial charge in [-0.3, -0.25) is 20.8 Å². The van der Waals surface area contributed by atoms with Crippen LogP contribution in [0.5, 0.6) is 5.75 Å². The molecule has 0 aromatic heterocycles. The first-order valence-electron chi connectivity index (χ1n) is 21.9. The van der Waals surface area contributed by atoms with Gasteiger partial charge in [-0.25, -0.2) is 29.0 Å². The summed E-state index contributed by atoms with van der Waals surface area (Å²) < 4.78 is 52.5. The number of esters is 1. The molecule has 0 spiro atoms. The molecular formula is C45H67F3N8O12. The van der Waals surface area contributed by atoms with E-state index in [1.54, 1.807) is 45.2 Å². The minimum atomic E-state index is -4.52. The molecule has 23 heteroatoms. The lowest BCUT2D eigenvalue weighted by Gasteiger charge is -2.35. The van der Waals surface area contributed by atoms with Gasteiger partial charge < -0.3 is 35.5 Å². The Kier molecular flexibility index (Phi) is 27.7. The molecule has 4 rings (SSSR count). The minimum Gasteiger partial charge on any atom is -0.494 e. The van der Waals surface area contributed by atoms with Gasteiger partial charge in [0.1, 0.15) is 11.4 Å². The highest BCUT2D eigenvalue weighted by Gasteiger charge is 2.33. The van der Waals surface area contributed by atoms with Crippen molar-refractivity contribution in [1.82, 2.24) is 26.3 Å². The van der Waals surface area contributed by atoms with Crippen molar-refractivity contribution in [3.8, 4) is 5.75 Å². The molecule has 2 atom stereocenters. The highest BCUT2D eigenvalue weighted by molar-refractivity contribution is 5.93. The summed E-state index contributed by atoms with van der Waals surface area (Å²) in [6.07, 6.45) is 0.776. The zero-order valence-corrected chi connectivity index (χ0v) is 39.7. The van der Waals surface area contributed by atoms with Crippen LogP contribution < -0.4 is 41.2 Å². The van der Waals surface area contributed by atoms with Crippen LogP contribution in [0.3, 0.4) is 0 Å². The van der Waals surface area contributed by atoms with E-state index in [1.165, 1.54) is 37.4 Å². The molecule has 0 radical (unpaired) electrons. The van der Waals surface area contributed by atoms with Gasteiger partial charge in [-0.1, -0.05) is 44.9 Å². The number of alkyl halides is 3. The fourth-order valence-electron chi connectivity index (χ4n) is 5.85. The van der Waals surface area contributed by atoms with E-state index in [0.29, 0.717) is 65.9 Å². The van der Waals surface area contributed by atoms with Crippen molar-refractivity contribution in [3.63, 3.8) is 0 Å². The molecule has 8 N–H and O–H groups in total. The molecule has 1 fully saturated rings. The number of anilines is 3. The van der Waals surface area contributed by atoms with Gasteiger partial charge in [0.15, 0.2) is 0 Å². The Morgan fingerprint density at radius 1 is 0.706 bits per heavy atom. The monoisotopic (exact) mass is 968 g/mol. The van der Waals surface area contributed by atoms with E-state index in [2.05, 4.69) is 21.3 Å². The molecule has 20 nitrogen and oxygen atoms in total. The number of carbonyl (C=O) groups is 5. The van der Waals surface area contributed by atoms with Crippen LogP contribution in [0, 0.1) is 0 Å². The van der Waals surface area contributed by atoms with Crippen molar-refractivity contribution >= 4 is 47.2 Å². The summed E-state index contributed by atoms with van der Waals surface area (Å²) in [6.45, 7) is 12.5. The molecule has 0 bridgehead atoms. The second kappa shape index (κ2) is 31.6. The van der Waals surface area contributed by atoms with Gasteiger partial charge in [-0.2, -0.15) is 28.4 Å². The third-order valence-corrected chi connectivity index (χ3v) is 9.22. The predicted octanol–water partition coefficient (Wildman–Crippen LogP) is 8.57. The average molecular weight is 969 g/mol. The molecule has 1 aliphatic carbocycles. The number of benzene rings is 3. The van der Waals surface area contributed by atoms with E-state index in [4.69, 9.17) is 14.2 Å². The quantitative estimate of drug-likeness (QED) is 0.0430. The molecular weight excluding hydrogens is 902 g/mol.